The molecule has 0 radical (unpaired) electrons. The lowest BCUT2D eigenvalue weighted by Gasteiger charge is -2.33. The van der Waals surface area contributed by atoms with Gasteiger partial charge in [0.25, 0.3) is 5.91 Å². The summed E-state index contributed by atoms with van der Waals surface area (Å²) >= 11 is 13.3. The summed E-state index contributed by atoms with van der Waals surface area (Å²) in [5.74, 6) is -1.02. The Morgan fingerprint density at radius 2 is 1.54 bits per heavy atom. The van der Waals surface area contributed by atoms with Crippen molar-refractivity contribution >= 4 is 41.2 Å². The molecule has 3 aromatic rings. The Kier molecular flexibility index (Phi) is 8.27. The van der Waals surface area contributed by atoms with Crippen LogP contribution in [0.3, 0.4) is 0 Å². The summed E-state index contributed by atoms with van der Waals surface area (Å²) in [5.41, 5.74) is 1.38. The Balaban J connectivity index is 1.54. The summed E-state index contributed by atoms with van der Waals surface area (Å²) in [4.78, 5) is 40.7. The van der Waals surface area contributed by atoms with Crippen LogP contribution in [0, 0.1) is 0 Å². The van der Waals surface area contributed by atoms with Crippen LogP contribution in [0.25, 0.3) is 0 Å². The standard InChI is InChI=1S/C31H31Cl2N3O5/c1-31(2,3)41-29(38)24-17-23(25-21(32)15-10-16-22(25)33)35-27(20-13-8-5-9-14-20)26(28(37)36(24)35)34-30(39)40-18-19-11-6-4-7-12-19/h4-16,23-24,26-27H,17-18H2,1-3H3,(H,34,39)/t23-,24-,26+,27+/m0/s1. The lowest BCUT2D eigenvalue weighted by molar-refractivity contribution is -0.168. The van der Waals surface area contributed by atoms with E-state index in [1.165, 1.54) is 5.01 Å². The van der Waals surface area contributed by atoms with Crippen molar-refractivity contribution in [1.29, 1.82) is 0 Å². The highest BCUT2D eigenvalue weighted by atomic mass is 35.5. The number of nitrogens with zero attached hydrogens (tertiary/aromatic N) is 2. The zero-order valence-electron chi connectivity index (χ0n) is 22.9. The van der Waals surface area contributed by atoms with E-state index in [-0.39, 0.29) is 13.0 Å². The van der Waals surface area contributed by atoms with Crippen LogP contribution in [0.2, 0.25) is 10.0 Å². The molecule has 2 amide bonds. The van der Waals surface area contributed by atoms with Crippen molar-refractivity contribution in [2.45, 2.75) is 63.6 Å². The van der Waals surface area contributed by atoms with E-state index in [1.54, 1.807) is 39.0 Å². The molecule has 2 fully saturated rings. The summed E-state index contributed by atoms with van der Waals surface area (Å²) < 4.78 is 11.2. The lowest BCUT2D eigenvalue weighted by Crippen LogP contribution is -2.48. The number of hydrazine groups is 1. The highest BCUT2D eigenvalue weighted by molar-refractivity contribution is 6.36. The van der Waals surface area contributed by atoms with Crippen molar-refractivity contribution in [3.63, 3.8) is 0 Å². The molecule has 3 aromatic carbocycles. The maximum atomic E-state index is 14.1. The molecule has 5 rings (SSSR count). The van der Waals surface area contributed by atoms with Gasteiger partial charge in [0.05, 0.1) is 12.1 Å². The van der Waals surface area contributed by atoms with E-state index < -0.39 is 47.7 Å². The second-order valence-electron chi connectivity index (χ2n) is 11.0. The van der Waals surface area contributed by atoms with Gasteiger partial charge < -0.3 is 14.8 Å². The van der Waals surface area contributed by atoms with Gasteiger partial charge >= 0.3 is 12.1 Å². The molecule has 214 valence electrons. The van der Waals surface area contributed by atoms with Gasteiger partial charge in [0, 0.05) is 22.0 Å². The zero-order valence-corrected chi connectivity index (χ0v) is 24.4. The fraction of sp³-hybridized carbons (Fsp3) is 0.323. The third kappa shape index (κ3) is 6.05. The van der Waals surface area contributed by atoms with Crippen molar-refractivity contribution in [2.24, 2.45) is 0 Å². The van der Waals surface area contributed by atoms with E-state index >= 15 is 0 Å². The number of esters is 1. The predicted molar refractivity (Wildman–Crippen MR) is 155 cm³/mol. The van der Waals surface area contributed by atoms with Gasteiger partial charge in [0.2, 0.25) is 0 Å². The zero-order chi connectivity index (χ0) is 29.3. The molecule has 0 unspecified atom stereocenters. The van der Waals surface area contributed by atoms with E-state index in [0.29, 0.717) is 15.6 Å². The van der Waals surface area contributed by atoms with Crippen molar-refractivity contribution in [3.05, 3.63) is 106 Å². The lowest BCUT2D eigenvalue weighted by atomic mass is 9.94. The number of carbonyl (C=O) groups excluding carboxylic acids is 3. The van der Waals surface area contributed by atoms with Crippen molar-refractivity contribution < 1.29 is 23.9 Å². The second kappa shape index (κ2) is 11.7. The summed E-state index contributed by atoms with van der Waals surface area (Å²) in [6.45, 7) is 5.35. The molecule has 0 saturated carbocycles. The molecule has 1 N–H and O–H groups in total. The number of alkyl carbamates (subject to hydrolysis) is 1. The molecular weight excluding hydrogens is 565 g/mol. The molecule has 4 atom stereocenters. The molecule has 0 aliphatic carbocycles. The maximum absolute atomic E-state index is 14.1. The van der Waals surface area contributed by atoms with Gasteiger partial charge in [0.1, 0.15) is 24.3 Å². The molecule has 41 heavy (non-hydrogen) atoms. The van der Waals surface area contributed by atoms with Crippen molar-refractivity contribution in [3.8, 4) is 0 Å². The highest BCUT2D eigenvalue weighted by Gasteiger charge is 2.60. The average Bonchev–Trinajstić information content (AvgIpc) is 3.43. The normalized spacial score (nSPS) is 22.4. The number of amides is 2. The van der Waals surface area contributed by atoms with Crippen LogP contribution in [-0.2, 0) is 25.7 Å². The Bertz CT molecular complexity index is 1410. The van der Waals surface area contributed by atoms with Crippen LogP contribution < -0.4 is 5.32 Å². The van der Waals surface area contributed by atoms with Gasteiger partial charge in [-0.2, -0.15) is 0 Å². The number of nitrogens with one attached hydrogen (secondary N) is 1. The number of carbonyl (C=O) groups is 3. The first-order chi connectivity index (χ1) is 19.5. The average molecular weight is 597 g/mol. The van der Waals surface area contributed by atoms with Gasteiger partial charge in [-0.25, -0.2) is 14.6 Å². The van der Waals surface area contributed by atoms with Crippen LogP contribution >= 0.6 is 23.2 Å². The Morgan fingerprint density at radius 3 is 2.15 bits per heavy atom. The minimum absolute atomic E-state index is 0.0371. The fourth-order valence-electron chi connectivity index (χ4n) is 5.43. The summed E-state index contributed by atoms with van der Waals surface area (Å²) in [6, 6.07) is 20.5. The van der Waals surface area contributed by atoms with Crippen LogP contribution in [0.4, 0.5) is 4.79 Å². The second-order valence-corrected chi connectivity index (χ2v) is 11.9. The Hall–Kier alpha value is -3.59. The predicted octanol–water partition coefficient (Wildman–Crippen LogP) is 6.24. The molecule has 2 saturated heterocycles. The number of rotatable bonds is 6. The van der Waals surface area contributed by atoms with E-state index in [9.17, 15) is 14.4 Å². The van der Waals surface area contributed by atoms with Crippen LogP contribution in [-0.4, -0.2) is 45.7 Å². The largest absolute Gasteiger partial charge is 0.458 e. The number of halogens is 2. The first kappa shape index (κ1) is 28.9. The summed E-state index contributed by atoms with van der Waals surface area (Å²) in [5, 5.41) is 6.80. The molecule has 2 aliphatic heterocycles. The Morgan fingerprint density at radius 1 is 0.927 bits per heavy atom. The molecule has 0 aromatic heterocycles. The van der Waals surface area contributed by atoms with E-state index in [4.69, 9.17) is 32.7 Å². The van der Waals surface area contributed by atoms with Crippen LogP contribution in [0.5, 0.6) is 0 Å². The minimum Gasteiger partial charge on any atom is -0.458 e. The maximum Gasteiger partial charge on any atom is 0.408 e. The third-order valence-corrected chi connectivity index (χ3v) is 7.70. The molecule has 2 aliphatic rings. The van der Waals surface area contributed by atoms with E-state index in [2.05, 4.69) is 5.32 Å². The SMILES string of the molecule is CC(C)(C)OC(=O)[C@@H]1C[C@@H](c2c(Cl)cccc2Cl)N2[C@H](c3ccccc3)[C@@H](NC(=O)OCc3ccccc3)C(=O)N12. The number of ether oxygens (including phenoxy) is 2. The minimum atomic E-state index is -1.06. The van der Waals surface area contributed by atoms with Gasteiger partial charge in [-0.3, -0.25) is 9.80 Å². The Labute approximate surface area is 249 Å². The number of hydrogen-bond acceptors (Lipinski definition) is 6. The fourth-order valence-corrected chi connectivity index (χ4v) is 6.08. The molecule has 2 heterocycles. The van der Waals surface area contributed by atoms with Gasteiger partial charge in [0.15, 0.2) is 0 Å². The topological polar surface area (TPSA) is 88.2 Å². The number of fused-ring (bicyclic) bond motifs is 1. The smallest absolute Gasteiger partial charge is 0.408 e. The number of hydrogen-bond donors (Lipinski definition) is 1. The van der Waals surface area contributed by atoms with Gasteiger partial charge in [-0.15, -0.1) is 0 Å². The van der Waals surface area contributed by atoms with Crippen molar-refractivity contribution in [1.82, 2.24) is 15.3 Å². The summed E-state index contributed by atoms with van der Waals surface area (Å²) in [7, 11) is 0. The summed E-state index contributed by atoms with van der Waals surface area (Å²) in [6.07, 6.45) is -0.546. The molecule has 10 heteroatoms. The monoisotopic (exact) mass is 595 g/mol. The van der Waals surface area contributed by atoms with Crippen LogP contribution in [0.1, 0.15) is 56.0 Å². The van der Waals surface area contributed by atoms with Gasteiger partial charge in [-0.05, 0) is 44.0 Å². The molecule has 0 spiro atoms. The van der Waals surface area contributed by atoms with Gasteiger partial charge in [-0.1, -0.05) is 89.9 Å². The molecule has 8 nitrogen and oxygen atoms in total. The molecule has 0 bridgehead atoms. The van der Waals surface area contributed by atoms with Crippen molar-refractivity contribution in [2.75, 3.05) is 0 Å². The van der Waals surface area contributed by atoms with E-state index in [1.807, 2.05) is 65.7 Å². The third-order valence-electron chi connectivity index (χ3n) is 7.04. The highest BCUT2D eigenvalue weighted by Crippen LogP contribution is 2.51. The number of benzene rings is 3. The van der Waals surface area contributed by atoms with E-state index in [0.717, 1.165) is 11.1 Å². The molecular formula is C31H31Cl2N3O5. The first-order valence-electron chi connectivity index (χ1n) is 13.4. The quantitative estimate of drug-likeness (QED) is 0.339. The first-order valence-corrected chi connectivity index (χ1v) is 14.1. The van der Waals surface area contributed by atoms with Crippen LogP contribution in [0.15, 0.2) is 78.9 Å².